The van der Waals surface area contributed by atoms with Crippen LogP contribution in [0.1, 0.15) is 78.3 Å². The number of thioether (sulfide) groups is 3. The third kappa shape index (κ3) is 5.71. The van der Waals surface area contributed by atoms with E-state index in [0.29, 0.717) is 0 Å². The first-order valence-electron chi connectivity index (χ1n) is 17.3. The van der Waals surface area contributed by atoms with Gasteiger partial charge in [0.1, 0.15) is 5.75 Å². The standard InChI is InChI=1S/C42H37NOS2.C2H6S/c1-45-36-25-33-34(26-37(36)46-2)40-32(20-23-42(44-40,29-14-8-6-9-15-29)30-16-10-7-11-17-30)39-38(33)31-19-18-28(27-43)24-35(31)41(39)21-12-4-3-5-13-22-41;1-3-2/h6-11,14-20,23-26H,3-5,12-13,21-22H2,1-2H3;1-2H3. The second kappa shape index (κ2) is 14.4. The molecule has 1 saturated carbocycles. The van der Waals surface area contributed by atoms with E-state index in [2.05, 4.69) is 116 Å². The van der Waals surface area contributed by atoms with Gasteiger partial charge in [-0.1, -0.05) is 105 Å². The highest BCUT2D eigenvalue weighted by Gasteiger charge is 2.48. The number of ether oxygens (including phenoxy) is 1. The van der Waals surface area contributed by atoms with Crippen molar-refractivity contribution in [2.75, 3.05) is 25.0 Å². The highest BCUT2D eigenvalue weighted by Crippen LogP contribution is 2.62. The van der Waals surface area contributed by atoms with E-state index in [1.807, 2.05) is 30.3 Å². The summed E-state index contributed by atoms with van der Waals surface area (Å²) in [5.41, 5.74) is 8.67. The fourth-order valence-electron chi connectivity index (χ4n) is 8.48. The van der Waals surface area contributed by atoms with Gasteiger partial charge in [0.2, 0.25) is 0 Å². The average Bonchev–Trinajstić information content (AvgIpc) is 3.43. The Bertz CT molecular complexity index is 2010. The lowest BCUT2D eigenvalue weighted by atomic mass is 9.67. The Kier molecular flexibility index (Phi) is 9.93. The molecule has 0 unspecified atom stereocenters. The van der Waals surface area contributed by atoms with Crippen LogP contribution in [0.2, 0.25) is 0 Å². The molecule has 2 aliphatic carbocycles. The molecule has 0 amide bonds. The summed E-state index contributed by atoms with van der Waals surface area (Å²) in [6.07, 6.45) is 21.5. The Hall–Kier alpha value is -3.56. The molecule has 1 heterocycles. The van der Waals surface area contributed by atoms with E-state index in [9.17, 15) is 5.26 Å². The quantitative estimate of drug-likeness (QED) is 0.175. The summed E-state index contributed by atoms with van der Waals surface area (Å²) in [5, 5.41) is 12.5. The second-order valence-electron chi connectivity index (χ2n) is 13.3. The zero-order valence-electron chi connectivity index (χ0n) is 28.8. The Balaban J connectivity index is 0.00000122. The predicted molar refractivity (Wildman–Crippen MR) is 214 cm³/mol. The minimum absolute atomic E-state index is 0.152. The number of fused-ring (bicyclic) bond motifs is 10. The molecule has 0 bridgehead atoms. The molecular weight excluding hydrogens is 655 g/mol. The van der Waals surface area contributed by atoms with Crippen molar-refractivity contribution in [2.24, 2.45) is 0 Å². The van der Waals surface area contributed by atoms with Gasteiger partial charge in [-0.05, 0) is 95.8 Å². The van der Waals surface area contributed by atoms with E-state index in [1.165, 1.54) is 75.1 Å². The second-order valence-corrected chi connectivity index (χ2v) is 15.8. The fraction of sp³-hybridized carbons (Fsp3) is 0.295. The van der Waals surface area contributed by atoms with Crippen LogP contribution >= 0.6 is 35.3 Å². The van der Waals surface area contributed by atoms with E-state index in [0.717, 1.165) is 40.7 Å². The summed E-state index contributed by atoms with van der Waals surface area (Å²) in [5.74, 6) is 0.974. The monoisotopic (exact) mass is 697 g/mol. The summed E-state index contributed by atoms with van der Waals surface area (Å²) in [7, 11) is 0. The van der Waals surface area contributed by atoms with E-state index in [4.69, 9.17) is 4.74 Å². The van der Waals surface area contributed by atoms with Crippen LogP contribution in [-0.2, 0) is 11.0 Å². The minimum atomic E-state index is -0.762. The van der Waals surface area contributed by atoms with Gasteiger partial charge in [0.25, 0.3) is 0 Å². The van der Waals surface area contributed by atoms with Gasteiger partial charge in [-0.25, -0.2) is 0 Å². The third-order valence-corrected chi connectivity index (χ3v) is 12.3. The van der Waals surface area contributed by atoms with Crippen LogP contribution in [0.25, 0.3) is 28.0 Å². The summed E-state index contributed by atoms with van der Waals surface area (Å²) in [6.45, 7) is 0. The number of rotatable bonds is 4. The molecule has 5 heteroatoms. The maximum Gasteiger partial charge on any atom is 0.178 e. The molecule has 3 aliphatic rings. The molecule has 8 rings (SSSR count). The molecule has 2 nitrogen and oxygen atoms in total. The number of benzene rings is 5. The first kappa shape index (κ1) is 33.9. The molecule has 0 radical (unpaired) electrons. The van der Waals surface area contributed by atoms with Crippen molar-refractivity contribution in [3.8, 4) is 22.9 Å². The summed E-state index contributed by atoms with van der Waals surface area (Å²) in [6, 6.07) is 35.1. The molecule has 0 aromatic heterocycles. The maximum absolute atomic E-state index is 10.1. The smallest absolute Gasteiger partial charge is 0.178 e. The van der Waals surface area contributed by atoms with Gasteiger partial charge >= 0.3 is 0 Å². The highest BCUT2D eigenvalue weighted by atomic mass is 32.2. The summed E-state index contributed by atoms with van der Waals surface area (Å²) < 4.78 is 7.58. The van der Waals surface area contributed by atoms with Crippen molar-refractivity contribution < 1.29 is 4.74 Å². The number of hydrogen-bond donors (Lipinski definition) is 0. The van der Waals surface area contributed by atoms with Gasteiger partial charge in [-0.3, -0.25) is 0 Å². The highest BCUT2D eigenvalue weighted by molar-refractivity contribution is 8.01. The lowest BCUT2D eigenvalue weighted by molar-refractivity contribution is 0.163. The Labute approximate surface area is 304 Å². The molecule has 1 fully saturated rings. The molecule has 248 valence electrons. The third-order valence-electron chi connectivity index (χ3n) is 10.6. The Morgan fingerprint density at radius 3 is 1.84 bits per heavy atom. The van der Waals surface area contributed by atoms with Crippen LogP contribution < -0.4 is 4.74 Å². The van der Waals surface area contributed by atoms with Crippen molar-refractivity contribution in [3.05, 3.63) is 130 Å². The zero-order valence-corrected chi connectivity index (χ0v) is 31.3. The first-order valence-corrected chi connectivity index (χ1v) is 21.3. The molecule has 0 saturated heterocycles. The van der Waals surface area contributed by atoms with Crippen LogP contribution in [0.3, 0.4) is 0 Å². The summed E-state index contributed by atoms with van der Waals surface area (Å²) in [4.78, 5) is 2.56. The van der Waals surface area contributed by atoms with Gasteiger partial charge < -0.3 is 4.74 Å². The molecule has 5 aromatic rings. The molecule has 5 aromatic carbocycles. The van der Waals surface area contributed by atoms with Crippen molar-refractivity contribution in [2.45, 2.75) is 65.8 Å². The van der Waals surface area contributed by atoms with Gasteiger partial charge in [-0.15, -0.1) is 23.5 Å². The number of nitrogens with zero attached hydrogens (tertiary/aromatic N) is 1. The predicted octanol–water partition coefficient (Wildman–Crippen LogP) is 12.5. The lowest BCUT2D eigenvalue weighted by Gasteiger charge is -2.40. The Morgan fingerprint density at radius 1 is 0.694 bits per heavy atom. The van der Waals surface area contributed by atoms with Crippen molar-refractivity contribution in [3.63, 3.8) is 0 Å². The van der Waals surface area contributed by atoms with Gasteiger partial charge in [0, 0.05) is 37.3 Å². The Morgan fingerprint density at radius 2 is 1.27 bits per heavy atom. The maximum atomic E-state index is 10.1. The SMILES string of the molecule is CSC.CSc1cc2c3c(c4c(c2cc1SC)-c1ccc(C#N)cc1C41CCCCCCC1)C=CC(c1ccccc1)(c1ccccc1)O3. The molecule has 1 spiro atoms. The van der Waals surface area contributed by atoms with Gasteiger partial charge in [0.05, 0.1) is 11.6 Å². The molecule has 1 aliphatic heterocycles. The van der Waals surface area contributed by atoms with Crippen LogP contribution in [0.15, 0.2) is 107 Å². The van der Waals surface area contributed by atoms with Crippen molar-refractivity contribution in [1.29, 1.82) is 5.26 Å². The molecule has 49 heavy (non-hydrogen) atoms. The van der Waals surface area contributed by atoms with Gasteiger partial charge in [0.15, 0.2) is 5.60 Å². The van der Waals surface area contributed by atoms with E-state index >= 15 is 0 Å². The number of hydrogen-bond acceptors (Lipinski definition) is 5. The fourth-order valence-corrected chi connectivity index (χ4v) is 9.97. The minimum Gasteiger partial charge on any atom is -0.472 e. The molecular formula is C44H43NOS3. The van der Waals surface area contributed by atoms with E-state index in [1.54, 1.807) is 23.5 Å². The first-order chi connectivity index (χ1) is 24.0. The van der Waals surface area contributed by atoms with Gasteiger partial charge in [-0.2, -0.15) is 17.0 Å². The van der Waals surface area contributed by atoms with E-state index < -0.39 is 5.60 Å². The van der Waals surface area contributed by atoms with E-state index in [-0.39, 0.29) is 5.41 Å². The molecule has 0 N–H and O–H groups in total. The number of nitriles is 1. The van der Waals surface area contributed by atoms with Crippen LogP contribution in [0, 0.1) is 11.3 Å². The molecule has 0 atom stereocenters. The lowest BCUT2D eigenvalue weighted by Crippen LogP contribution is -2.35. The van der Waals surface area contributed by atoms with Crippen LogP contribution in [0.5, 0.6) is 5.75 Å². The van der Waals surface area contributed by atoms with Crippen molar-refractivity contribution in [1.82, 2.24) is 0 Å². The van der Waals surface area contributed by atoms with Crippen LogP contribution in [-0.4, -0.2) is 25.0 Å². The summed E-state index contributed by atoms with van der Waals surface area (Å²) >= 11 is 5.36. The average molecular weight is 698 g/mol. The normalized spacial score (nSPS) is 16.6. The topological polar surface area (TPSA) is 33.0 Å². The van der Waals surface area contributed by atoms with Crippen LogP contribution in [0.4, 0.5) is 0 Å². The largest absolute Gasteiger partial charge is 0.472 e. The van der Waals surface area contributed by atoms with Crippen molar-refractivity contribution >= 4 is 52.1 Å². The zero-order chi connectivity index (χ0) is 34.0.